The molecular formula is C42H44F3N3O8. The maximum atomic E-state index is 14.5. The Morgan fingerprint density at radius 2 is 1.00 bits per heavy atom. The van der Waals surface area contributed by atoms with E-state index in [4.69, 9.17) is 9.47 Å². The molecule has 56 heavy (non-hydrogen) atoms. The molecular weight excluding hydrogens is 731 g/mol. The molecule has 0 aliphatic heterocycles. The lowest BCUT2D eigenvalue weighted by Crippen LogP contribution is -2.64. The number of para-hydroxylation sites is 2. The van der Waals surface area contributed by atoms with Crippen molar-refractivity contribution in [2.75, 3.05) is 19.6 Å². The molecule has 0 bridgehead atoms. The number of carbonyl (C=O) groups excluding carboxylic acids is 3. The Morgan fingerprint density at radius 3 is 1.38 bits per heavy atom. The molecule has 0 aromatic heterocycles. The number of nitrogens with zero attached hydrogens (tertiary/aromatic N) is 3. The molecule has 0 heterocycles. The first kappa shape index (κ1) is 41.3. The average molecular weight is 776 g/mol. The number of halogens is 3. The van der Waals surface area contributed by atoms with Crippen LogP contribution in [0.25, 0.3) is 0 Å². The van der Waals surface area contributed by atoms with Crippen molar-refractivity contribution in [3.05, 3.63) is 120 Å². The van der Waals surface area contributed by atoms with Crippen molar-refractivity contribution < 1.29 is 52.1 Å². The predicted molar refractivity (Wildman–Crippen MR) is 198 cm³/mol. The minimum atomic E-state index is -5.46. The summed E-state index contributed by atoms with van der Waals surface area (Å²) in [6.45, 7) is 2.94. The topological polar surface area (TPSA) is 137 Å². The SMILES string of the molecule is CCCN(Cc1ccc(Oc2ccccc2)cc1)C(=O)[C@H]1[C@@H](C(=O)O)[C@H](CN(O)C(=O)C(F)(F)F)[C@@H]1C(=O)N(CCC)Cc1ccc(Oc2ccccc2)cc1. The van der Waals surface area contributed by atoms with Crippen LogP contribution in [0.15, 0.2) is 109 Å². The first-order valence-electron chi connectivity index (χ1n) is 18.3. The van der Waals surface area contributed by atoms with Gasteiger partial charge in [0.25, 0.3) is 0 Å². The largest absolute Gasteiger partial charge is 0.481 e. The Morgan fingerprint density at radius 1 is 0.607 bits per heavy atom. The second-order valence-corrected chi connectivity index (χ2v) is 13.6. The Hall–Kier alpha value is -5.89. The highest BCUT2D eigenvalue weighted by Crippen LogP contribution is 2.49. The lowest BCUT2D eigenvalue weighted by molar-refractivity contribution is -0.225. The van der Waals surface area contributed by atoms with Crippen molar-refractivity contribution in [3.8, 4) is 23.0 Å². The van der Waals surface area contributed by atoms with Gasteiger partial charge in [0.2, 0.25) is 11.8 Å². The molecule has 5 rings (SSSR count). The summed E-state index contributed by atoms with van der Waals surface area (Å²) in [5.74, 6) is -9.32. The number of aliphatic carboxylic acids is 1. The Kier molecular flexibility index (Phi) is 13.7. The fraction of sp³-hybridized carbons (Fsp3) is 0.333. The number of amides is 3. The van der Waals surface area contributed by atoms with Crippen molar-refractivity contribution in [1.29, 1.82) is 0 Å². The Bertz CT molecular complexity index is 1930. The summed E-state index contributed by atoms with van der Waals surface area (Å²) in [5.41, 5.74) is 1.35. The Labute approximate surface area is 322 Å². The fourth-order valence-corrected chi connectivity index (χ4v) is 6.98. The molecule has 2 N–H and O–H groups in total. The van der Waals surface area contributed by atoms with Crippen LogP contribution in [-0.2, 0) is 32.3 Å². The molecule has 296 valence electrons. The fourth-order valence-electron chi connectivity index (χ4n) is 6.98. The van der Waals surface area contributed by atoms with E-state index >= 15 is 0 Å². The maximum Gasteiger partial charge on any atom is 0.473 e. The number of benzene rings is 4. The first-order chi connectivity index (χ1) is 26.8. The number of carboxylic acid groups (broad SMARTS) is 1. The summed E-state index contributed by atoms with van der Waals surface area (Å²) < 4.78 is 51.7. The molecule has 0 saturated heterocycles. The molecule has 11 nitrogen and oxygen atoms in total. The summed E-state index contributed by atoms with van der Waals surface area (Å²) >= 11 is 0. The van der Waals surface area contributed by atoms with E-state index in [9.17, 15) is 42.7 Å². The zero-order valence-corrected chi connectivity index (χ0v) is 31.0. The van der Waals surface area contributed by atoms with Crippen LogP contribution in [0.3, 0.4) is 0 Å². The molecule has 4 aromatic carbocycles. The van der Waals surface area contributed by atoms with Crippen molar-refractivity contribution >= 4 is 23.7 Å². The molecule has 0 spiro atoms. The standard InChI is InChI=1S/C42H44F3N3O8/c1-3-23-46(25-28-15-19-32(20-16-28)55-30-11-7-5-8-12-30)38(49)35-34(27-48(54)41(53)42(43,44)45)36(40(51)52)37(35)39(50)47(24-4-2)26-29-17-21-33(22-18-29)56-31-13-9-6-10-14-31/h5-22,34-37,54H,3-4,23-27H2,1-2H3,(H,51,52)/t34-,35+,36+,37-/m1/s1. The van der Waals surface area contributed by atoms with Gasteiger partial charge in [-0.2, -0.15) is 13.2 Å². The van der Waals surface area contributed by atoms with E-state index in [-0.39, 0.29) is 26.2 Å². The van der Waals surface area contributed by atoms with E-state index < -0.39 is 65.1 Å². The third-order valence-corrected chi connectivity index (χ3v) is 9.57. The van der Waals surface area contributed by atoms with Gasteiger partial charge in [-0.1, -0.05) is 74.5 Å². The van der Waals surface area contributed by atoms with Crippen LogP contribution in [0.1, 0.15) is 37.8 Å². The van der Waals surface area contributed by atoms with Gasteiger partial charge in [0.15, 0.2) is 0 Å². The molecule has 1 aliphatic carbocycles. The minimum Gasteiger partial charge on any atom is -0.481 e. The molecule has 14 heteroatoms. The lowest BCUT2D eigenvalue weighted by atomic mass is 9.55. The summed E-state index contributed by atoms with van der Waals surface area (Å²) in [7, 11) is 0. The average Bonchev–Trinajstić information content (AvgIpc) is 3.17. The molecule has 4 aromatic rings. The molecule has 4 atom stereocenters. The number of hydroxylamine groups is 2. The zero-order chi connectivity index (χ0) is 40.4. The van der Waals surface area contributed by atoms with Gasteiger partial charge in [-0.3, -0.25) is 24.4 Å². The van der Waals surface area contributed by atoms with E-state index in [0.717, 1.165) is 0 Å². The van der Waals surface area contributed by atoms with Crippen LogP contribution >= 0.6 is 0 Å². The summed E-state index contributed by atoms with van der Waals surface area (Å²) in [6, 6.07) is 32.1. The van der Waals surface area contributed by atoms with E-state index in [1.165, 1.54) is 9.80 Å². The highest BCUT2D eigenvalue weighted by Gasteiger charge is 2.62. The number of alkyl halides is 3. The van der Waals surface area contributed by atoms with Crippen molar-refractivity contribution in [2.45, 2.75) is 46.0 Å². The summed E-state index contributed by atoms with van der Waals surface area (Å²) in [6.07, 6.45) is -4.52. The van der Waals surface area contributed by atoms with Gasteiger partial charge in [-0.15, -0.1) is 0 Å². The van der Waals surface area contributed by atoms with E-state index in [2.05, 4.69) is 0 Å². The number of hydrogen-bond acceptors (Lipinski definition) is 7. The molecule has 0 radical (unpaired) electrons. The molecule has 1 saturated carbocycles. The van der Waals surface area contributed by atoms with Crippen LogP contribution in [0.5, 0.6) is 23.0 Å². The van der Waals surface area contributed by atoms with Crippen molar-refractivity contribution in [2.24, 2.45) is 23.7 Å². The number of carboxylic acids is 1. The molecule has 1 fully saturated rings. The summed E-state index contributed by atoms with van der Waals surface area (Å²) in [5, 5.41) is 20.0. The maximum absolute atomic E-state index is 14.5. The highest BCUT2D eigenvalue weighted by molar-refractivity contribution is 5.95. The second-order valence-electron chi connectivity index (χ2n) is 13.6. The minimum absolute atomic E-state index is 0.0283. The van der Waals surface area contributed by atoms with Crippen LogP contribution in [0, 0.1) is 23.7 Å². The normalized spacial score (nSPS) is 17.6. The number of rotatable bonds is 17. The van der Waals surface area contributed by atoms with Gasteiger partial charge in [-0.25, -0.2) is 5.06 Å². The second kappa shape index (κ2) is 18.6. The van der Waals surface area contributed by atoms with Gasteiger partial charge in [-0.05, 0) is 72.5 Å². The van der Waals surface area contributed by atoms with Gasteiger partial charge >= 0.3 is 18.1 Å². The molecule has 3 amide bonds. The smallest absolute Gasteiger partial charge is 0.473 e. The summed E-state index contributed by atoms with van der Waals surface area (Å²) in [4.78, 5) is 56.5. The number of ether oxygens (including phenoxy) is 2. The van der Waals surface area contributed by atoms with Crippen LogP contribution in [0.2, 0.25) is 0 Å². The van der Waals surface area contributed by atoms with Gasteiger partial charge in [0.05, 0.1) is 24.3 Å². The van der Waals surface area contributed by atoms with Crippen molar-refractivity contribution in [1.82, 2.24) is 14.9 Å². The third kappa shape index (κ3) is 10.2. The Balaban J connectivity index is 1.41. The quantitative estimate of drug-likeness (QED) is 0.0820. The van der Waals surface area contributed by atoms with Crippen molar-refractivity contribution in [3.63, 3.8) is 0 Å². The van der Waals surface area contributed by atoms with E-state index in [0.29, 0.717) is 47.0 Å². The van der Waals surface area contributed by atoms with Crippen LogP contribution < -0.4 is 9.47 Å². The molecule has 1 aliphatic rings. The first-order valence-corrected chi connectivity index (χ1v) is 18.3. The lowest BCUT2D eigenvalue weighted by Gasteiger charge is -2.51. The van der Waals surface area contributed by atoms with E-state index in [1.54, 1.807) is 72.8 Å². The molecule has 0 unspecified atom stereocenters. The van der Waals surface area contributed by atoms with Gasteiger partial charge in [0.1, 0.15) is 23.0 Å². The predicted octanol–water partition coefficient (Wildman–Crippen LogP) is 7.79. The van der Waals surface area contributed by atoms with E-state index in [1.807, 2.05) is 50.2 Å². The monoisotopic (exact) mass is 775 g/mol. The zero-order valence-electron chi connectivity index (χ0n) is 31.0. The van der Waals surface area contributed by atoms with Gasteiger partial charge < -0.3 is 24.4 Å². The number of carbonyl (C=O) groups is 4. The highest BCUT2D eigenvalue weighted by atomic mass is 19.4. The van der Waals surface area contributed by atoms with Gasteiger partial charge in [0, 0.05) is 32.1 Å². The van der Waals surface area contributed by atoms with Crippen LogP contribution in [0.4, 0.5) is 13.2 Å². The third-order valence-electron chi connectivity index (χ3n) is 9.57. The number of hydrogen-bond donors (Lipinski definition) is 2. The van der Waals surface area contributed by atoms with Crippen LogP contribution in [-0.4, -0.2) is 74.7 Å².